The summed E-state index contributed by atoms with van der Waals surface area (Å²) in [6.45, 7) is 8.19. The Morgan fingerprint density at radius 1 is 1.55 bits per heavy atom. The molecular formula is C9H16BI. The molecule has 0 aliphatic heterocycles. The molecule has 0 amide bonds. The Labute approximate surface area is 85.4 Å². The third-order valence-electron chi connectivity index (χ3n) is 1.74. The molecule has 0 saturated heterocycles. The molecule has 0 nitrogen and oxygen atoms in total. The lowest BCUT2D eigenvalue weighted by molar-refractivity contribution is 0.564. The van der Waals surface area contributed by atoms with Crippen molar-refractivity contribution in [1.29, 1.82) is 0 Å². The maximum absolute atomic E-state index is 5.50. The van der Waals surface area contributed by atoms with Gasteiger partial charge in [-0.25, -0.2) is 0 Å². The third kappa shape index (κ3) is 6.91. The second-order valence-corrected chi connectivity index (χ2v) is 5.93. The first-order chi connectivity index (χ1) is 4.98. The zero-order chi connectivity index (χ0) is 8.91. The van der Waals surface area contributed by atoms with Crippen LogP contribution < -0.4 is 0 Å². The molecule has 0 aromatic carbocycles. The van der Waals surface area contributed by atoms with E-state index in [2.05, 4.69) is 43.0 Å². The summed E-state index contributed by atoms with van der Waals surface area (Å²) in [6, 6.07) is 0. The summed E-state index contributed by atoms with van der Waals surface area (Å²) in [5, 5.41) is 0. The number of hydrogen-bond donors (Lipinski definition) is 0. The molecule has 0 aromatic rings. The highest BCUT2D eigenvalue weighted by molar-refractivity contribution is 14.1. The van der Waals surface area contributed by atoms with Crippen molar-refractivity contribution in [1.82, 2.24) is 0 Å². The van der Waals surface area contributed by atoms with Crippen molar-refractivity contribution >= 4 is 30.4 Å². The Kier molecular flexibility index (Phi) is 5.48. The van der Waals surface area contributed by atoms with Crippen LogP contribution in [0.3, 0.4) is 0 Å². The predicted molar refractivity (Wildman–Crippen MR) is 61.5 cm³/mol. The molecule has 11 heavy (non-hydrogen) atoms. The van der Waals surface area contributed by atoms with Crippen LogP contribution in [0.5, 0.6) is 0 Å². The normalized spacial score (nSPS) is 15.9. The summed E-state index contributed by atoms with van der Waals surface area (Å²) in [7, 11) is 5.50. The highest BCUT2D eigenvalue weighted by Crippen LogP contribution is 2.30. The molecule has 0 aliphatic rings. The van der Waals surface area contributed by atoms with Crippen molar-refractivity contribution in [2.75, 3.05) is 0 Å². The summed E-state index contributed by atoms with van der Waals surface area (Å²) in [4.78, 5) is 0. The Morgan fingerprint density at radius 3 is 2.45 bits per heavy atom. The first-order valence-corrected chi connectivity index (χ1v) is 5.18. The molecule has 0 bridgehead atoms. The first kappa shape index (κ1) is 11.5. The SMILES string of the molecule is [B]C(=C)CCC(C)(I)CCC. The lowest BCUT2D eigenvalue weighted by Crippen LogP contribution is -2.14. The zero-order valence-electron chi connectivity index (χ0n) is 7.49. The van der Waals surface area contributed by atoms with E-state index in [4.69, 9.17) is 7.85 Å². The lowest BCUT2D eigenvalue weighted by Gasteiger charge is -2.21. The van der Waals surface area contributed by atoms with E-state index in [1.807, 2.05) is 0 Å². The molecule has 0 fully saturated rings. The van der Waals surface area contributed by atoms with Crippen LogP contribution in [0.15, 0.2) is 12.1 Å². The Balaban J connectivity index is 3.63. The molecule has 0 N–H and O–H groups in total. The van der Waals surface area contributed by atoms with Gasteiger partial charge in [-0.1, -0.05) is 42.9 Å². The topological polar surface area (TPSA) is 0 Å². The average molecular weight is 262 g/mol. The minimum absolute atomic E-state index is 0.412. The average Bonchev–Trinajstić information content (AvgIpc) is 1.84. The quantitative estimate of drug-likeness (QED) is 0.404. The van der Waals surface area contributed by atoms with Gasteiger partial charge in [0.1, 0.15) is 7.85 Å². The van der Waals surface area contributed by atoms with E-state index >= 15 is 0 Å². The molecule has 0 spiro atoms. The second-order valence-electron chi connectivity index (χ2n) is 3.32. The van der Waals surface area contributed by atoms with Crippen molar-refractivity contribution in [2.24, 2.45) is 0 Å². The largest absolute Gasteiger partial charge is 0.125 e. The minimum Gasteiger partial charge on any atom is -0.125 e. The summed E-state index contributed by atoms with van der Waals surface area (Å²) < 4.78 is 0.412. The van der Waals surface area contributed by atoms with E-state index in [9.17, 15) is 0 Å². The fourth-order valence-electron chi connectivity index (χ4n) is 1.07. The van der Waals surface area contributed by atoms with Gasteiger partial charge in [0.25, 0.3) is 0 Å². The number of halogens is 1. The molecule has 2 radical (unpaired) electrons. The van der Waals surface area contributed by atoms with Gasteiger partial charge in [0.2, 0.25) is 0 Å². The van der Waals surface area contributed by atoms with E-state index in [0.717, 1.165) is 18.3 Å². The maximum atomic E-state index is 5.50. The minimum atomic E-state index is 0.412. The molecule has 1 atom stereocenters. The highest BCUT2D eigenvalue weighted by Gasteiger charge is 2.17. The first-order valence-electron chi connectivity index (χ1n) is 4.10. The summed E-state index contributed by atoms with van der Waals surface area (Å²) >= 11 is 2.51. The predicted octanol–water partition coefficient (Wildman–Crippen LogP) is 3.44. The molecule has 0 rings (SSSR count). The van der Waals surface area contributed by atoms with E-state index < -0.39 is 0 Å². The van der Waals surface area contributed by atoms with Gasteiger partial charge >= 0.3 is 0 Å². The van der Waals surface area contributed by atoms with Gasteiger partial charge < -0.3 is 0 Å². The molecule has 0 heterocycles. The molecule has 62 valence electrons. The van der Waals surface area contributed by atoms with Gasteiger partial charge in [-0.2, -0.15) is 0 Å². The van der Waals surface area contributed by atoms with Crippen LogP contribution in [-0.4, -0.2) is 11.3 Å². The van der Waals surface area contributed by atoms with Crippen LogP contribution in [0.2, 0.25) is 0 Å². The number of alkyl halides is 1. The second kappa shape index (κ2) is 5.23. The summed E-state index contributed by atoms with van der Waals surface area (Å²) in [5.74, 6) is 0. The highest BCUT2D eigenvalue weighted by atomic mass is 127. The van der Waals surface area contributed by atoms with Crippen LogP contribution >= 0.6 is 22.6 Å². The van der Waals surface area contributed by atoms with Crippen molar-refractivity contribution in [3.05, 3.63) is 12.1 Å². The standard InChI is InChI=1S/C9H16BI/c1-4-6-9(3,11)7-5-8(2)10/h2,4-7H2,1,3H3. The fourth-order valence-corrected chi connectivity index (χ4v) is 1.88. The monoisotopic (exact) mass is 262 g/mol. The molecule has 0 aromatic heterocycles. The van der Waals surface area contributed by atoms with Gasteiger partial charge in [-0.3, -0.25) is 0 Å². The fraction of sp³-hybridized carbons (Fsp3) is 0.778. The van der Waals surface area contributed by atoms with E-state index in [0.29, 0.717) is 3.42 Å². The molecule has 0 saturated carbocycles. The van der Waals surface area contributed by atoms with Crippen molar-refractivity contribution < 1.29 is 0 Å². The van der Waals surface area contributed by atoms with Gasteiger partial charge in [0.15, 0.2) is 0 Å². The van der Waals surface area contributed by atoms with Gasteiger partial charge in [-0.15, -0.1) is 12.1 Å². The van der Waals surface area contributed by atoms with Crippen LogP contribution in [0.4, 0.5) is 0 Å². The Hall–Kier alpha value is 0.535. The summed E-state index contributed by atoms with van der Waals surface area (Å²) in [5.41, 5.74) is 0.809. The van der Waals surface area contributed by atoms with Gasteiger partial charge in [-0.05, 0) is 19.3 Å². The Morgan fingerprint density at radius 2 is 2.09 bits per heavy atom. The Bertz CT molecular complexity index is 130. The van der Waals surface area contributed by atoms with E-state index in [1.54, 1.807) is 0 Å². The molecule has 2 heteroatoms. The van der Waals surface area contributed by atoms with Crippen molar-refractivity contribution in [3.8, 4) is 0 Å². The maximum Gasteiger partial charge on any atom is 0.106 e. The van der Waals surface area contributed by atoms with Crippen LogP contribution in [-0.2, 0) is 0 Å². The number of allylic oxidation sites excluding steroid dienone is 1. The van der Waals surface area contributed by atoms with E-state index in [-0.39, 0.29) is 0 Å². The molecular weight excluding hydrogens is 246 g/mol. The lowest BCUT2D eigenvalue weighted by atomic mass is 9.89. The van der Waals surface area contributed by atoms with E-state index in [1.165, 1.54) is 12.8 Å². The molecule has 0 aliphatic carbocycles. The van der Waals surface area contributed by atoms with Gasteiger partial charge in [0, 0.05) is 3.42 Å². The summed E-state index contributed by atoms with van der Waals surface area (Å²) in [6.07, 6.45) is 4.62. The smallest absolute Gasteiger partial charge is 0.106 e. The van der Waals surface area contributed by atoms with Crippen LogP contribution in [0.1, 0.15) is 39.5 Å². The zero-order valence-corrected chi connectivity index (χ0v) is 9.65. The third-order valence-corrected chi connectivity index (χ3v) is 2.82. The van der Waals surface area contributed by atoms with Crippen LogP contribution in [0.25, 0.3) is 0 Å². The van der Waals surface area contributed by atoms with Crippen LogP contribution in [0, 0.1) is 0 Å². The van der Waals surface area contributed by atoms with Crippen molar-refractivity contribution in [2.45, 2.75) is 43.0 Å². The van der Waals surface area contributed by atoms with Crippen molar-refractivity contribution in [3.63, 3.8) is 0 Å². The number of rotatable bonds is 5. The molecule has 1 unspecified atom stereocenters. The van der Waals surface area contributed by atoms with Gasteiger partial charge in [0.05, 0.1) is 0 Å². The number of hydrogen-bond acceptors (Lipinski definition) is 0.